The lowest BCUT2D eigenvalue weighted by molar-refractivity contribution is 0.0943. The van der Waals surface area contributed by atoms with Crippen LogP contribution in [0.1, 0.15) is 20.4 Å². The van der Waals surface area contributed by atoms with Crippen molar-refractivity contribution in [2.75, 3.05) is 5.73 Å². The number of nitrogens with two attached hydrogens (primary N) is 1. The van der Waals surface area contributed by atoms with E-state index in [9.17, 15) is 4.79 Å². The van der Waals surface area contributed by atoms with Crippen LogP contribution in [-0.4, -0.2) is 20.7 Å². The van der Waals surface area contributed by atoms with E-state index in [1.54, 1.807) is 24.6 Å². The molecule has 0 aliphatic carbocycles. The van der Waals surface area contributed by atoms with Gasteiger partial charge in [0.1, 0.15) is 5.69 Å². The minimum atomic E-state index is -0.228. The van der Waals surface area contributed by atoms with Gasteiger partial charge in [0.25, 0.3) is 5.91 Å². The van der Waals surface area contributed by atoms with Crippen LogP contribution in [-0.2, 0) is 13.6 Å². The van der Waals surface area contributed by atoms with E-state index >= 15 is 0 Å². The van der Waals surface area contributed by atoms with Crippen LogP contribution >= 0.6 is 11.3 Å². The first-order chi connectivity index (χ1) is 8.08. The number of carbonyl (C=O) groups is 1. The van der Waals surface area contributed by atoms with Crippen LogP contribution in [0.2, 0.25) is 0 Å². The van der Waals surface area contributed by atoms with Crippen molar-refractivity contribution in [3.05, 3.63) is 28.0 Å². The third kappa shape index (κ3) is 2.44. The summed E-state index contributed by atoms with van der Waals surface area (Å²) in [5.74, 6) is -0.228. The standard InChI is InChI=1S/C10H13N5OS/c1-6-12-3-7(17-6)4-13-10(16)9-8(11)5-14-15(9)2/h3,5H,4,11H2,1-2H3,(H,13,16). The quantitative estimate of drug-likeness (QED) is 0.840. The van der Waals surface area contributed by atoms with Gasteiger partial charge in [-0.25, -0.2) is 4.98 Å². The molecule has 2 heterocycles. The summed E-state index contributed by atoms with van der Waals surface area (Å²) in [6.07, 6.45) is 3.22. The number of hydrogen-bond donors (Lipinski definition) is 2. The Hall–Kier alpha value is -1.89. The summed E-state index contributed by atoms with van der Waals surface area (Å²) in [7, 11) is 1.68. The molecule has 0 radical (unpaired) electrons. The Bertz CT molecular complexity index is 525. The summed E-state index contributed by atoms with van der Waals surface area (Å²) in [6.45, 7) is 2.38. The van der Waals surface area contributed by atoms with E-state index in [0.717, 1.165) is 9.88 Å². The largest absolute Gasteiger partial charge is 0.396 e. The molecule has 0 bridgehead atoms. The van der Waals surface area contributed by atoms with Crippen molar-refractivity contribution in [2.24, 2.45) is 7.05 Å². The molecule has 7 heteroatoms. The van der Waals surface area contributed by atoms with E-state index in [0.29, 0.717) is 17.9 Å². The Morgan fingerprint density at radius 1 is 1.59 bits per heavy atom. The molecule has 0 fully saturated rings. The second-order valence-corrected chi connectivity index (χ2v) is 4.92. The van der Waals surface area contributed by atoms with Gasteiger partial charge in [0.2, 0.25) is 0 Å². The molecule has 6 nitrogen and oxygen atoms in total. The average Bonchev–Trinajstić information content (AvgIpc) is 2.83. The number of carbonyl (C=O) groups excluding carboxylic acids is 1. The predicted octanol–water partition coefficient (Wildman–Crippen LogP) is 0.697. The summed E-state index contributed by atoms with van der Waals surface area (Å²) < 4.78 is 1.46. The highest BCUT2D eigenvalue weighted by Gasteiger charge is 2.14. The molecular formula is C10H13N5OS. The van der Waals surface area contributed by atoms with Crippen molar-refractivity contribution in [1.82, 2.24) is 20.1 Å². The fourth-order valence-corrected chi connectivity index (χ4v) is 2.21. The molecule has 17 heavy (non-hydrogen) atoms. The lowest BCUT2D eigenvalue weighted by atomic mass is 10.3. The average molecular weight is 251 g/mol. The number of hydrogen-bond acceptors (Lipinski definition) is 5. The summed E-state index contributed by atoms with van der Waals surface area (Å²) in [5, 5.41) is 7.69. The van der Waals surface area contributed by atoms with Gasteiger partial charge in [0, 0.05) is 18.1 Å². The van der Waals surface area contributed by atoms with Gasteiger partial charge in [-0.1, -0.05) is 0 Å². The number of nitrogens with zero attached hydrogens (tertiary/aromatic N) is 3. The van der Waals surface area contributed by atoms with Crippen molar-refractivity contribution >= 4 is 22.9 Å². The monoisotopic (exact) mass is 251 g/mol. The zero-order chi connectivity index (χ0) is 12.4. The van der Waals surface area contributed by atoms with E-state index < -0.39 is 0 Å². The summed E-state index contributed by atoms with van der Waals surface area (Å²) in [5.41, 5.74) is 6.42. The second-order valence-electron chi connectivity index (χ2n) is 3.60. The Balaban J connectivity index is 2.03. The molecule has 0 saturated carbocycles. The second kappa shape index (κ2) is 4.54. The van der Waals surface area contributed by atoms with E-state index in [1.165, 1.54) is 10.9 Å². The maximum atomic E-state index is 11.9. The Morgan fingerprint density at radius 3 is 2.88 bits per heavy atom. The van der Waals surface area contributed by atoms with Crippen LogP contribution in [0.4, 0.5) is 5.69 Å². The molecule has 0 spiro atoms. The third-order valence-electron chi connectivity index (χ3n) is 2.27. The Labute approximate surface area is 102 Å². The molecule has 2 aromatic rings. The fourth-order valence-electron chi connectivity index (χ4n) is 1.47. The zero-order valence-electron chi connectivity index (χ0n) is 9.60. The number of anilines is 1. The normalized spacial score (nSPS) is 10.5. The molecule has 0 atom stereocenters. The predicted molar refractivity (Wildman–Crippen MR) is 65.6 cm³/mol. The van der Waals surface area contributed by atoms with Crippen LogP contribution < -0.4 is 11.1 Å². The molecule has 1 amide bonds. The molecule has 0 unspecified atom stereocenters. The molecule has 0 aliphatic rings. The van der Waals surface area contributed by atoms with Crippen molar-refractivity contribution in [3.8, 4) is 0 Å². The number of aromatic nitrogens is 3. The van der Waals surface area contributed by atoms with Gasteiger partial charge in [0.15, 0.2) is 0 Å². The number of rotatable bonds is 3. The number of aryl methyl sites for hydroxylation is 2. The number of nitrogens with one attached hydrogen (secondary N) is 1. The fraction of sp³-hybridized carbons (Fsp3) is 0.300. The maximum Gasteiger partial charge on any atom is 0.271 e. The van der Waals surface area contributed by atoms with Crippen LogP contribution in [0, 0.1) is 6.92 Å². The smallest absolute Gasteiger partial charge is 0.271 e. The van der Waals surface area contributed by atoms with Crippen LogP contribution in [0.5, 0.6) is 0 Å². The van der Waals surface area contributed by atoms with E-state index in [2.05, 4.69) is 15.4 Å². The van der Waals surface area contributed by atoms with Crippen molar-refractivity contribution in [3.63, 3.8) is 0 Å². The highest BCUT2D eigenvalue weighted by molar-refractivity contribution is 7.11. The lowest BCUT2D eigenvalue weighted by Gasteiger charge is -2.04. The Kier molecular flexibility index (Phi) is 3.10. The van der Waals surface area contributed by atoms with E-state index in [4.69, 9.17) is 5.73 Å². The lowest BCUT2D eigenvalue weighted by Crippen LogP contribution is -2.25. The first-order valence-electron chi connectivity index (χ1n) is 5.05. The first kappa shape index (κ1) is 11.6. The molecule has 2 rings (SSSR count). The highest BCUT2D eigenvalue weighted by atomic mass is 32.1. The topological polar surface area (TPSA) is 85.8 Å². The SMILES string of the molecule is Cc1ncc(CNC(=O)c2c(N)cnn2C)s1. The van der Waals surface area contributed by atoms with Crippen molar-refractivity contribution in [2.45, 2.75) is 13.5 Å². The van der Waals surface area contributed by atoms with Gasteiger partial charge in [-0.15, -0.1) is 11.3 Å². The van der Waals surface area contributed by atoms with Gasteiger partial charge in [-0.2, -0.15) is 5.10 Å². The minimum absolute atomic E-state index is 0.228. The zero-order valence-corrected chi connectivity index (χ0v) is 10.4. The third-order valence-corrected chi connectivity index (χ3v) is 3.19. The molecule has 2 aromatic heterocycles. The molecule has 0 aliphatic heterocycles. The summed E-state index contributed by atoms with van der Waals surface area (Å²) in [4.78, 5) is 17.0. The summed E-state index contributed by atoms with van der Waals surface area (Å²) >= 11 is 1.56. The highest BCUT2D eigenvalue weighted by Crippen LogP contribution is 2.12. The van der Waals surface area contributed by atoms with Gasteiger partial charge in [-0.3, -0.25) is 9.48 Å². The van der Waals surface area contributed by atoms with Crippen molar-refractivity contribution in [1.29, 1.82) is 0 Å². The van der Waals surface area contributed by atoms with Crippen LogP contribution in [0.3, 0.4) is 0 Å². The molecule has 0 aromatic carbocycles. The van der Waals surface area contributed by atoms with Gasteiger partial charge < -0.3 is 11.1 Å². The van der Waals surface area contributed by atoms with E-state index in [-0.39, 0.29) is 5.91 Å². The summed E-state index contributed by atoms with van der Waals surface area (Å²) in [6, 6.07) is 0. The molecule has 3 N–H and O–H groups in total. The van der Waals surface area contributed by atoms with Gasteiger partial charge in [0.05, 0.1) is 23.4 Å². The van der Waals surface area contributed by atoms with E-state index in [1.807, 2.05) is 6.92 Å². The number of nitrogen functional groups attached to an aromatic ring is 1. The maximum absolute atomic E-state index is 11.9. The first-order valence-corrected chi connectivity index (χ1v) is 5.86. The van der Waals surface area contributed by atoms with Crippen molar-refractivity contribution < 1.29 is 4.79 Å². The molecule has 0 saturated heterocycles. The molecular weight excluding hydrogens is 238 g/mol. The molecule has 90 valence electrons. The van der Waals surface area contributed by atoms with Crippen LogP contribution in [0.15, 0.2) is 12.4 Å². The number of thiazole rings is 1. The Morgan fingerprint density at radius 2 is 2.35 bits per heavy atom. The van der Waals surface area contributed by atoms with Gasteiger partial charge in [-0.05, 0) is 6.92 Å². The minimum Gasteiger partial charge on any atom is -0.396 e. The number of amides is 1. The van der Waals surface area contributed by atoms with Gasteiger partial charge >= 0.3 is 0 Å². The van der Waals surface area contributed by atoms with Crippen LogP contribution in [0.25, 0.3) is 0 Å².